The second kappa shape index (κ2) is 2.87. The molecule has 0 heterocycles. The molecule has 0 aliphatic heterocycles. The number of esters is 1. The van der Waals surface area contributed by atoms with Gasteiger partial charge in [0.15, 0.2) is 0 Å². The third-order valence-electron chi connectivity index (χ3n) is 1.77. The molecule has 1 aliphatic rings. The first-order chi connectivity index (χ1) is 5.20. The summed E-state index contributed by atoms with van der Waals surface area (Å²) < 4.78 is 4.44. The van der Waals surface area contributed by atoms with Gasteiger partial charge in [-0.2, -0.15) is 0 Å². The van der Waals surface area contributed by atoms with Crippen molar-refractivity contribution in [3.05, 3.63) is 0 Å². The number of hydrazine groups is 1. The Morgan fingerprint density at radius 2 is 2.18 bits per heavy atom. The summed E-state index contributed by atoms with van der Waals surface area (Å²) in [6.45, 7) is 0. The van der Waals surface area contributed by atoms with Gasteiger partial charge in [-0.1, -0.05) is 0 Å². The van der Waals surface area contributed by atoms with Crippen molar-refractivity contribution < 1.29 is 14.3 Å². The molecule has 1 aliphatic carbocycles. The number of rotatable bonds is 2. The molecule has 0 aromatic heterocycles. The molecule has 2 unspecified atom stereocenters. The molecule has 11 heavy (non-hydrogen) atoms. The first kappa shape index (κ1) is 8.00. The Labute approximate surface area is 63.9 Å². The maximum absolute atomic E-state index is 10.8. The van der Waals surface area contributed by atoms with Gasteiger partial charge < -0.3 is 4.74 Å². The van der Waals surface area contributed by atoms with Crippen LogP contribution in [0.25, 0.3) is 0 Å². The SMILES string of the molecule is COC(=O)C1CC1C(=O)NN. The number of ether oxygens (including phenoxy) is 1. The minimum Gasteiger partial charge on any atom is -0.469 e. The molecule has 2 atom stereocenters. The van der Waals surface area contributed by atoms with Crippen LogP contribution in [0.5, 0.6) is 0 Å². The smallest absolute Gasteiger partial charge is 0.309 e. The number of amides is 1. The molecule has 1 fully saturated rings. The van der Waals surface area contributed by atoms with Crippen LogP contribution >= 0.6 is 0 Å². The van der Waals surface area contributed by atoms with Crippen molar-refractivity contribution in [1.82, 2.24) is 5.43 Å². The number of hydrogen-bond acceptors (Lipinski definition) is 4. The van der Waals surface area contributed by atoms with Crippen molar-refractivity contribution in [2.75, 3.05) is 7.11 Å². The van der Waals surface area contributed by atoms with Gasteiger partial charge in [-0.15, -0.1) is 0 Å². The van der Waals surface area contributed by atoms with Gasteiger partial charge in [-0.25, -0.2) is 5.84 Å². The van der Waals surface area contributed by atoms with Crippen LogP contribution in [0.1, 0.15) is 6.42 Å². The summed E-state index contributed by atoms with van der Waals surface area (Å²) in [6.07, 6.45) is 0.551. The minimum atomic E-state index is -0.335. The predicted octanol–water partition coefficient (Wildman–Crippen LogP) is -1.21. The van der Waals surface area contributed by atoms with E-state index < -0.39 is 0 Å². The number of nitrogens with two attached hydrogens (primary N) is 1. The summed E-state index contributed by atoms with van der Waals surface area (Å²) in [5.74, 6) is 3.69. The zero-order chi connectivity index (χ0) is 8.43. The van der Waals surface area contributed by atoms with Gasteiger partial charge in [0.25, 0.3) is 0 Å². The summed E-state index contributed by atoms with van der Waals surface area (Å²) >= 11 is 0. The van der Waals surface area contributed by atoms with Gasteiger partial charge in [0.1, 0.15) is 0 Å². The molecule has 0 aromatic carbocycles. The second-order valence-electron chi connectivity index (χ2n) is 2.48. The zero-order valence-electron chi connectivity index (χ0n) is 6.16. The lowest BCUT2D eigenvalue weighted by Gasteiger charge is -1.96. The standard InChI is InChI=1S/C6H10N2O3/c1-11-6(10)4-2-3(4)5(9)8-7/h3-4H,2,7H2,1H3,(H,8,9). The van der Waals surface area contributed by atoms with Crippen LogP contribution in [0, 0.1) is 11.8 Å². The number of nitrogens with one attached hydrogen (secondary N) is 1. The van der Waals surface area contributed by atoms with E-state index in [1.807, 2.05) is 5.43 Å². The van der Waals surface area contributed by atoms with E-state index in [4.69, 9.17) is 5.84 Å². The molecule has 5 nitrogen and oxygen atoms in total. The topological polar surface area (TPSA) is 81.4 Å². The number of carbonyl (C=O) groups is 2. The third-order valence-corrected chi connectivity index (χ3v) is 1.77. The number of methoxy groups -OCH3 is 1. The Hall–Kier alpha value is -1.10. The fraction of sp³-hybridized carbons (Fsp3) is 0.667. The zero-order valence-corrected chi connectivity index (χ0v) is 6.16. The van der Waals surface area contributed by atoms with E-state index in [0.29, 0.717) is 6.42 Å². The third kappa shape index (κ3) is 1.48. The first-order valence-electron chi connectivity index (χ1n) is 3.29. The van der Waals surface area contributed by atoms with E-state index >= 15 is 0 Å². The van der Waals surface area contributed by atoms with E-state index in [9.17, 15) is 9.59 Å². The monoisotopic (exact) mass is 158 g/mol. The largest absolute Gasteiger partial charge is 0.469 e. The average molecular weight is 158 g/mol. The number of carbonyl (C=O) groups excluding carboxylic acids is 2. The molecule has 62 valence electrons. The van der Waals surface area contributed by atoms with Gasteiger partial charge in [0.2, 0.25) is 5.91 Å². The van der Waals surface area contributed by atoms with Crippen molar-refractivity contribution in [3.8, 4) is 0 Å². The Bertz CT molecular complexity index is 172. The molecule has 0 saturated heterocycles. The normalized spacial score (nSPS) is 27.5. The van der Waals surface area contributed by atoms with Crippen LogP contribution < -0.4 is 11.3 Å². The molecule has 3 N–H and O–H groups in total. The summed E-state index contributed by atoms with van der Waals surface area (Å²) in [5.41, 5.74) is 1.99. The predicted molar refractivity (Wildman–Crippen MR) is 35.9 cm³/mol. The fourth-order valence-electron chi connectivity index (χ4n) is 1.00. The molecule has 1 rings (SSSR count). The van der Waals surface area contributed by atoms with Crippen molar-refractivity contribution in [3.63, 3.8) is 0 Å². The molecule has 0 radical (unpaired) electrons. The summed E-state index contributed by atoms with van der Waals surface area (Å²) in [6, 6.07) is 0. The van der Waals surface area contributed by atoms with E-state index in [1.165, 1.54) is 7.11 Å². The highest BCUT2D eigenvalue weighted by atomic mass is 16.5. The van der Waals surface area contributed by atoms with Crippen LogP contribution in [0.2, 0.25) is 0 Å². The first-order valence-corrected chi connectivity index (χ1v) is 3.29. The van der Waals surface area contributed by atoms with Crippen LogP contribution in [0.15, 0.2) is 0 Å². The Kier molecular flexibility index (Phi) is 2.09. The van der Waals surface area contributed by atoms with E-state index in [2.05, 4.69) is 4.74 Å². The van der Waals surface area contributed by atoms with Crippen LogP contribution in [0.4, 0.5) is 0 Å². The molecular formula is C6H10N2O3. The van der Waals surface area contributed by atoms with Gasteiger partial charge in [-0.05, 0) is 6.42 Å². The highest BCUT2D eigenvalue weighted by Gasteiger charge is 2.48. The van der Waals surface area contributed by atoms with Gasteiger partial charge >= 0.3 is 5.97 Å². The summed E-state index contributed by atoms with van der Waals surface area (Å²) in [7, 11) is 1.30. The Balaban J connectivity index is 2.37. The molecule has 0 spiro atoms. The highest BCUT2D eigenvalue weighted by molar-refractivity contribution is 5.89. The van der Waals surface area contributed by atoms with Crippen LogP contribution in [0.3, 0.4) is 0 Å². The molecular weight excluding hydrogens is 148 g/mol. The van der Waals surface area contributed by atoms with E-state index in [0.717, 1.165) is 0 Å². The van der Waals surface area contributed by atoms with Gasteiger partial charge in [0, 0.05) is 0 Å². The summed E-state index contributed by atoms with van der Waals surface area (Å²) in [5, 5.41) is 0. The maximum Gasteiger partial charge on any atom is 0.309 e. The highest BCUT2D eigenvalue weighted by Crippen LogP contribution is 2.39. The van der Waals surface area contributed by atoms with Crippen molar-refractivity contribution >= 4 is 11.9 Å². The summed E-state index contributed by atoms with van der Waals surface area (Å²) in [4.78, 5) is 21.5. The lowest BCUT2D eigenvalue weighted by molar-refractivity contribution is -0.143. The quantitative estimate of drug-likeness (QED) is 0.228. The second-order valence-corrected chi connectivity index (χ2v) is 2.48. The minimum absolute atomic E-state index is 0.271. The maximum atomic E-state index is 10.8. The van der Waals surface area contributed by atoms with Gasteiger partial charge in [-0.3, -0.25) is 15.0 Å². The molecule has 0 aromatic rings. The Morgan fingerprint density at radius 1 is 1.55 bits per heavy atom. The van der Waals surface area contributed by atoms with Crippen molar-refractivity contribution in [1.29, 1.82) is 0 Å². The lowest BCUT2D eigenvalue weighted by atomic mass is 10.3. The average Bonchev–Trinajstić information content (AvgIpc) is 2.80. The number of hydrogen-bond donors (Lipinski definition) is 2. The molecule has 1 saturated carbocycles. The lowest BCUT2D eigenvalue weighted by Crippen LogP contribution is -2.32. The van der Waals surface area contributed by atoms with Crippen LogP contribution in [-0.2, 0) is 14.3 Å². The van der Waals surface area contributed by atoms with E-state index in [-0.39, 0.29) is 23.7 Å². The van der Waals surface area contributed by atoms with Crippen LogP contribution in [-0.4, -0.2) is 19.0 Å². The fourth-order valence-corrected chi connectivity index (χ4v) is 1.00. The van der Waals surface area contributed by atoms with Crippen molar-refractivity contribution in [2.45, 2.75) is 6.42 Å². The van der Waals surface area contributed by atoms with Gasteiger partial charge in [0.05, 0.1) is 18.9 Å². The van der Waals surface area contributed by atoms with E-state index in [1.54, 1.807) is 0 Å². The molecule has 0 bridgehead atoms. The molecule has 5 heteroatoms. The molecule has 1 amide bonds. The Morgan fingerprint density at radius 3 is 2.64 bits per heavy atom. The van der Waals surface area contributed by atoms with Crippen molar-refractivity contribution in [2.24, 2.45) is 17.7 Å².